The Hall–Kier alpha value is -1.27. The van der Waals surface area contributed by atoms with Crippen molar-refractivity contribution in [2.75, 3.05) is 11.1 Å². The van der Waals surface area contributed by atoms with Gasteiger partial charge in [-0.1, -0.05) is 12.1 Å². The van der Waals surface area contributed by atoms with Gasteiger partial charge in [-0.15, -0.1) is 11.8 Å². The van der Waals surface area contributed by atoms with Crippen LogP contribution in [0.3, 0.4) is 0 Å². The van der Waals surface area contributed by atoms with E-state index in [-0.39, 0.29) is 6.10 Å². The molecule has 1 atom stereocenters. The van der Waals surface area contributed by atoms with Gasteiger partial charge in [-0.05, 0) is 25.0 Å². The summed E-state index contributed by atoms with van der Waals surface area (Å²) in [7, 11) is 0. The third-order valence-corrected chi connectivity index (χ3v) is 4.92. The highest BCUT2D eigenvalue weighted by Crippen LogP contribution is 2.40. The Bertz CT molecular complexity index is 597. The Labute approximate surface area is 119 Å². The fraction of sp³-hybridized carbons (Fsp3) is 0.385. The predicted octanol–water partition coefficient (Wildman–Crippen LogP) is 3.34. The topological polar surface area (TPSA) is 47.0 Å². The Morgan fingerprint density at radius 3 is 3.05 bits per heavy atom. The molecule has 1 aromatic carbocycles. The number of para-hydroxylation sites is 1. The minimum atomic E-state index is -0.0362. The molecule has 4 nitrogen and oxygen atoms in total. The van der Waals surface area contributed by atoms with Gasteiger partial charge in [0.2, 0.25) is 5.13 Å². The number of hydrogen-bond acceptors (Lipinski definition) is 6. The molecule has 2 heterocycles. The van der Waals surface area contributed by atoms with Gasteiger partial charge in [0.25, 0.3) is 0 Å². The van der Waals surface area contributed by atoms with Crippen LogP contribution < -0.4 is 10.1 Å². The van der Waals surface area contributed by atoms with Crippen molar-refractivity contribution in [2.24, 2.45) is 0 Å². The van der Waals surface area contributed by atoms with E-state index in [1.807, 2.05) is 18.2 Å². The number of ether oxygens (including phenoxy) is 1. The maximum absolute atomic E-state index is 5.98. The highest BCUT2D eigenvalue weighted by atomic mass is 32.2. The van der Waals surface area contributed by atoms with E-state index in [0.717, 1.165) is 22.5 Å². The van der Waals surface area contributed by atoms with Gasteiger partial charge in [0, 0.05) is 28.2 Å². The summed E-state index contributed by atoms with van der Waals surface area (Å²) in [5.41, 5.74) is 0. The number of benzene rings is 1. The van der Waals surface area contributed by atoms with E-state index in [1.54, 1.807) is 11.8 Å². The average Bonchev–Trinajstić information content (AvgIpc) is 3.14. The smallest absolute Gasteiger partial charge is 0.202 e. The molecule has 98 valence electrons. The first kappa shape index (κ1) is 11.5. The van der Waals surface area contributed by atoms with Gasteiger partial charge in [0.15, 0.2) is 11.9 Å². The fourth-order valence-corrected chi connectivity index (χ4v) is 3.65. The lowest BCUT2D eigenvalue weighted by Gasteiger charge is -2.23. The van der Waals surface area contributed by atoms with Crippen molar-refractivity contribution in [1.29, 1.82) is 0 Å². The Morgan fingerprint density at radius 2 is 2.16 bits per heavy atom. The zero-order valence-corrected chi connectivity index (χ0v) is 11.8. The average molecular weight is 291 g/mol. The van der Waals surface area contributed by atoms with Gasteiger partial charge >= 0.3 is 0 Å². The fourth-order valence-electron chi connectivity index (χ4n) is 1.97. The molecular formula is C13H13N3OS2. The first-order valence-electron chi connectivity index (χ1n) is 6.37. The Morgan fingerprint density at radius 1 is 1.26 bits per heavy atom. The quantitative estimate of drug-likeness (QED) is 0.940. The highest BCUT2D eigenvalue weighted by Gasteiger charge is 2.27. The van der Waals surface area contributed by atoms with Crippen molar-refractivity contribution in [3.63, 3.8) is 0 Å². The summed E-state index contributed by atoms with van der Waals surface area (Å²) in [5.74, 6) is 2.61. The van der Waals surface area contributed by atoms with Crippen LogP contribution in [0.2, 0.25) is 0 Å². The van der Waals surface area contributed by atoms with Crippen molar-refractivity contribution in [1.82, 2.24) is 9.36 Å². The summed E-state index contributed by atoms with van der Waals surface area (Å²) >= 11 is 3.24. The lowest BCUT2D eigenvalue weighted by atomic mass is 10.3. The number of hydrogen-bond donors (Lipinski definition) is 1. The predicted molar refractivity (Wildman–Crippen MR) is 77.1 cm³/mol. The molecule has 0 spiro atoms. The molecule has 19 heavy (non-hydrogen) atoms. The molecule has 1 fully saturated rings. The van der Waals surface area contributed by atoms with Gasteiger partial charge in [-0.2, -0.15) is 9.36 Å². The van der Waals surface area contributed by atoms with E-state index in [1.165, 1.54) is 29.3 Å². The van der Waals surface area contributed by atoms with Gasteiger partial charge in [0.1, 0.15) is 5.75 Å². The minimum Gasteiger partial charge on any atom is -0.480 e. The number of fused-ring (bicyclic) bond motifs is 1. The number of nitrogens with zero attached hydrogens (tertiary/aromatic N) is 2. The molecule has 2 aromatic rings. The van der Waals surface area contributed by atoms with Crippen LogP contribution in [0.4, 0.5) is 5.13 Å². The zero-order valence-electron chi connectivity index (χ0n) is 10.2. The highest BCUT2D eigenvalue weighted by molar-refractivity contribution is 7.99. The minimum absolute atomic E-state index is 0.0362. The van der Waals surface area contributed by atoms with Crippen LogP contribution in [0.15, 0.2) is 29.2 Å². The second kappa shape index (κ2) is 4.68. The first-order valence-corrected chi connectivity index (χ1v) is 8.13. The van der Waals surface area contributed by atoms with Crippen LogP contribution >= 0.6 is 23.3 Å². The molecule has 1 N–H and O–H groups in total. The van der Waals surface area contributed by atoms with E-state index >= 15 is 0 Å². The van der Waals surface area contributed by atoms with Crippen LogP contribution in [0.5, 0.6) is 5.75 Å². The molecule has 1 aliphatic heterocycles. The number of rotatable bonds is 3. The Kier molecular flexibility index (Phi) is 2.85. The molecule has 0 saturated heterocycles. The van der Waals surface area contributed by atoms with Gasteiger partial charge in [0.05, 0.1) is 0 Å². The van der Waals surface area contributed by atoms with Crippen LogP contribution in [0.1, 0.15) is 24.8 Å². The molecule has 1 saturated carbocycles. The molecule has 0 bridgehead atoms. The molecule has 1 aliphatic carbocycles. The monoisotopic (exact) mass is 291 g/mol. The molecule has 1 aromatic heterocycles. The van der Waals surface area contributed by atoms with Crippen molar-refractivity contribution >= 4 is 28.4 Å². The number of nitrogens with one attached hydrogen (secondary N) is 1. The zero-order chi connectivity index (χ0) is 12.7. The SMILES string of the molecule is c1ccc2c(c1)OC(c1nsc(NC3CC3)n1)CS2. The summed E-state index contributed by atoms with van der Waals surface area (Å²) in [6, 6.07) is 8.74. The van der Waals surface area contributed by atoms with Gasteiger partial charge in [-0.25, -0.2) is 0 Å². The van der Waals surface area contributed by atoms with Crippen molar-refractivity contribution in [3.8, 4) is 5.75 Å². The summed E-state index contributed by atoms with van der Waals surface area (Å²) in [4.78, 5) is 5.74. The van der Waals surface area contributed by atoms with Crippen molar-refractivity contribution < 1.29 is 4.74 Å². The standard InChI is InChI=1S/C13H13N3OS2/c1-2-4-11-9(3-1)17-10(7-18-11)12-15-13(19-16-12)14-8-5-6-8/h1-4,8,10H,5-7H2,(H,14,15,16). The summed E-state index contributed by atoms with van der Waals surface area (Å²) in [6.07, 6.45) is 2.46. The van der Waals surface area contributed by atoms with Gasteiger partial charge in [-0.3, -0.25) is 0 Å². The van der Waals surface area contributed by atoms with E-state index in [0.29, 0.717) is 6.04 Å². The lowest BCUT2D eigenvalue weighted by molar-refractivity contribution is 0.212. The van der Waals surface area contributed by atoms with E-state index in [2.05, 4.69) is 20.7 Å². The third kappa shape index (κ3) is 2.42. The van der Waals surface area contributed by atoms with E-state index in [4.69, 9.17) is 4.74 Å². The van der Waals surface area contributed by atoms with Crippen LogP contribution in [-0.4, -0.2) is 21.2 Å². The lowest BCUT2D eigenvalue weighted by Crippen LogP contribution is -2.16. The molecule has 0 amide bonds. The first-order chi connectivity index (χ1) is 9.38. The summed E-state index contributed by atoms with van der Waals surface area (Å²) in [6.45, 7) is 0. The summed E-state index contributed by atoms with van der Waals surface area (Å²) in [5, 5.41) is 4.30. The molecule has 6 heteroatoms. The second-order valence-electron chi connectivity index (χ2n) is 4.74. The number of aromatic nitrogens is 2. The largest absolute Gasteiger partial charge is 0.480 e. The summed E-state index contributed by atoms with van der Waals surface area (Å²) < 4.78 is 10.4. The van der Waals surface area contributed by atoms with Gasteiger partial charge < -0.3 is 10.1 Å². The maximum atomic E-state index is 5.98. The third-order valence-electron chi connectivity index (χ3n) is 3.14. The number of thioether (sulfide) groups is 1. The molecular weight excluding hydrogens is 278 g/mol. The van der Waals surface area contributed by atoms with Crippen molar-refractivity contribution in [2.45, 2.75) is 29.9 Å². The molecule has 0 radical (unpaired) electrons. The van der Waals surface area contributed by atoms with Crippen LogP contribution in [-0.2, 0) is 0 Å². The van der Waals surface area contributed by atoms with E-state index in [9.17, 15) is 0 Å². The van der Waals surface area contributed by atoms with Crippen LogP contribution in [0.25, 0.3) is 0 Å². The normalized spacial score (nSPS) is 21.6. The van der Waals surface area contributed by atoms with Crippen molar-refractivity contribution in [3.05, 3.63) is 30.1 Å². The molecule has 1 unspecified atom stereocenters. The Balaban J connectivity index is 1.52. The van der Waals surface area contributed by atoms with Crippen LogP contribution in [0, 0.1) is 0 Å². The van der Waals surface area contributed by atoms with E-state index < -0.39 is 0 Å². The number of anilines is 1. The molecule has 2 aliphatic rings. The molecule has 4 rings (SSSR count). The second-order valence-corrected chi connectivity index (χ2v) is 6.55. The maximum Gasteiger partial charge on any atom is 0.202 e.